The Balaban J connectivity index is 2.31. The molecule has 0 amide bonds. The molecule has 1 heterocycles. The molecule has 0 aliphatic rings. The van der Waals surface area contributed by atoms with Crippen molar-refractivity contribution in [2.75, 3.05) is 13.7 Å². The second-order valence-electron chi connectivity index (χ2n) is 3.79. The predicted octanol–water partition coefficient (Wildman–Crippen LogP) is 2.16. The number of benzene rings is 1. The summed E-state index contributed by atoms with van der Waals surface area (Å²) < 4.78 is 10.8. The molecule has 0 radical (unpaired) electrons. The van der Waals surface area contributed by atoms with Crippen LogP contribution in [0, 0.1) is 6.92 Å². The first-order chi connectivity index (χ1) is 8.24. The van der Waals surface area contributed by atoms with E-state index < -0.39 is 0 Å². The van der Waals surface area contributed by atoms with Crippen LogP contribution in [-0.2, 0) is 6.42 Å². The van der Waals surface area contributed by atoms with Gasteiger partial charge in [0.25, 0.3) is 0 Å². The van der Waals surface area contributed by atoms with Gasteiger partial charge in [0.05, 0.1) is 12.8 Å². The van der Waals surface area contributed by atoms with Gasteiger partial charge in [-0.05, 0) is 31.2 Å². The Morgan fingerprint density at radius 1 is 1.29 bits per heavy atom. The fraction of sp³-hybridized carbons (Fsp3) is 0.308. The SMILES string of the molecule is COc1ccc(-c2oc(CCN)nc2C)cc1. The molecule has 0 fully saturated rings. The summed E-state index contributed by atoms with van der Waals surface area (Å²) in [6.45, 7) is 2.48. The van der Waals surface area contributed by atoms with E-state index in [0.717, 1.165) is 22.8 Å². The molecule has 4 heteroatoms. The highest BCUT2D eigenvalue weighted by molar-refractivity contribution is 5.60. The van der Waals surface area contributed by atoms with Crippen LogP contribution in [0.4, 0.5) is 0 Å². The molecule has 0 atom stereocenters. The summed E-state index contributed by atoms with van der Waals surface area (Å²) in [5, 5.41) is 0. The van der Waals surface area contributed by atoms with Gasteiger partial charge in [-0.1, -0.05) is 0 Å². The monoisotopic (exact) mass is 232 g/mol. The molecule has 90 valence electrons. The van der Waals surface area contributed by atoms with Crippen LogP contribution < -0.4 is 10.5 Å². The van der Waals surface area contributed by atoms with Crippen molar-refractivity contribution < 1.29 is 9.15 Å². The number of aryl methyl sites for hydroxylation is 1. The van der Waals surface area contributed by atoms with Gasteiger partial charge >= 0.3 is 0 Å². The minimum Gasteiger partial charge on any atom is -0.497 e. The molecular weight excluding hydrogens is 216 g/mol. The van der Waals surface area contributed by atoms with Gasteiger partial charge in [0, 0.05) is 18.5 Å². The van der Waals surface area contributed by atoms with E-state index in [1.54, 1.807) is 7.11 Å². The zero-order chi connectivity index (χ0) is 12.3. The van der Waals surface area contributed by atoms with Gasteiger partial charge < -0.3 is 14.9 Å². The average Bonchev–Trinajstić information content (AvgIpc) is 2.71. The van der Waals surface area contributed by atoms with Crippen LogP contribution in [0.2, 0.25) is 0 Å². The largest absolute Gasteiger partial charge is 0.497 e. The number of ether oxygens (including phenoxy) is 1. The van der Waals surface area contributed by atoms with Crippen molar-refractivity contribution in [3.63, 3.8) is 0 Å². The average molecular weight is 232 g/mol. The molecule has 1 aromatic heterocycles. The standard InChI is InChI=1S/C13H16N2O2/c1-9-13(17-12(15-9)7-8-14)10-3-5-11(16-2)6-4-10/h3-6H,7-8,14H2,1-2H3. The lowest BCUT2D eigenvalue weighted by atomic mass is 10.1. The summed E-state index contributed by atoms with van der Waals surface area (Å²) in [6, 6.07) is 7.72. The van der Waals surface area contributed by atoms with Crippen LogP contribution >= 0.6 is 0 Å². The van der Waals surface area contributed by atoms with Gasteiger partial charge in [-0.3, -0.25) is 0 Å². The summed E-state index contributed by atoms with van der Waals surface area (Å²) >= 11 is 0. The molecule has 2 rings (SSSR count). The number of hydrogen-bond acceptors (Lipinski definition) is 4. The molecule has 0 bridgehead atoms. The Labute approximate surface area is 100 Å². The van der Waals surface area contributed by atoms with Crippen LogP contribution in [0.3, 0.4) is 0 Å². The number of nitrogens with zero attached hydrogens (tertiary/aromatic N) is 1. The fourth-order valence-corrected chi connectivity index (χ4v) is 1.69. The Bertz CT molecular complexity index is 489. The lowest BCUT2D eigenvalue weighted by Crippen LogP contribution is -2.02. The maximum atomic E-state index is 5.68. The van der Waals surface area contributed by atoms with Gasteiger partial charge in [-0.15, -0.1) is 0 Å². The zero-order valence-corrected chi connectivity index (χ0v) is 10.1. The van der Waals surface area contributed by atoms with Crippen LogP contribution in [0.25, 0.3) is 11.3 Å². The second kappa shape index (κ2) is 5.01. The highest BCUT2D eigenvalue weighted by atomic mass is 16.5. The minimum absolute atomic E-state index is 0.544. The molecule has 0 aliphatic heterocycles. The Kier molecular flexibility index (Phi) is 3.44. The predicted molar refractivity (Wildman–Crippen MR) is 66.0 cm³/mol. The van der Waals surface area contributed by atoms with Gasteiger partial charge in [-0.2, -0.15) is 0 Å². The first kappa shape index (κ1) is 11.7. The van der Waals surface area contributed by atoms with E-state index in [4.69, 9.17) is 14.9 Å². The summed E-state index contributed by atoms with van der Waals surface area (Å²) in [5.74, 6) is 2.32. The fourth-order valence-electron chi connectivity index (χ4n) is 1.69. The van der Waals surface area contributed by atoms with Gasteiger partial charge in [0.2, 0.25) is 0 Å². The lowest BCUT2D eigenvalue weighted by molar-refractivity contribution is 0.415. The summed E-state index contributed by atoms with van der Waals surface area (Å²) in [7, 11) is 1.65. The van der Waals surface area contributed by atoms with Gasteiger partial charge in [-0.25, -0.2) is 4.98 Å². The quantitative estimate of drug-likeness (QED) is 0.877. The third-order valence-corrected chi connectivity index (χ3v) is 2.55. The number of oxazole rings is 1. The number of rotatable bonds is 4. The van der Waals surface area contributed by atoms with E-state index in [-0.39, 0.29) is 0 Å². The van der Waals surface area contributed by atoms with E-state index in [0.29, 0.717) is 18.9 Å². The topological polar surface area (TPSA) is 61.3 Å². The Morgan fingerprint density at radius 2 is 2.00 bits per heavy atom. The van der Waals surface area contributed by atoms with Crippen molar-refractivity contribution in [2.45, 2.75) is 13.3 Å². The van der Waals surface area contributed by atoms with Gasteiger partial charge in [0.15, 0.2) is 11.7 Å². The summed E-state index contributed by atoms with van der Waals surface area (Å²) in [4.78, 5) is 4.34. The van der Waals surface area contributed by atoms with Crippen molar-refractivity contribution in [2.24, 2.45) is 5.73 Å². The smallest absolute Gasteiger partial charge is 0.196 e. The van der Waals surface area contributed by atoms with E-state index in [1.807, 2.05) is 31.2 Å². The molecule has 0 spiro atoms. The van der Waals surface area contributed by atoms with Crippen molar-refractivity contribution in [3.8, 4) is 17.1 Å². The maximum Gasteiger partial charge on any atom is 0.196 e. The minimum atomic E-state index is 0.544. The molecule has 0 unspecified atom stereocenters. The molecule has 2 N–H and O–H groups in total. The third kappa shape index (κ3) is 2.47. The molecule has 0 saturated carbocycles. The summed E-state index contributed by atoms with van der Waals surface area (Å²) in [6.07, 6.45) is 0.664. The third-order valence-electron chi connectivity index (χ3n) is 2.55. The lowest BCUT2D eigenvalue weighted by Gasteiger charge is -2.01. The number of nitrogens with two attached hydrogens (primary N) is 1. The number of methoxy groups -OCH3 is 1. The van der Waals surface area contributed by atoms with E-state index >= 15 is 0 Å². The van der Waals surface area contributed by atoms with E-state index in [1.165, 1.54) is 0 Å². The molecule has 0 aliphatic carbocycles. The molecule has 4 nitrogen and oxygen atoms in total. The van der Waals surface area contributed by atoms with Crippen LogP contribution in [0.5, 0.6) is 5.75 Å². The van der Waals surface area contributed by atoms with Crippen molar-refractivity contribution >= 4 is 0 Å². The van der Waals surface area contributed by atoms with Gasteiger partial charge in [0.1, 0.15) is 5.75 Å². The molecule has 0 saturated heterocycles. The Hall–Kier alpha value is -1.81. The van der Waals surface area contributed by atoms with Crippen molar-refractivity contribution in [1.29, 1.82) is 0 Å². The highest BCUT2D eigenvalue weighted by Crippen LogP contribution is 2.26. The maximum absolute atomic E-state index is 5.68. The zero-order valence-electron chi connectivity index (χ0n) is 10.1. The van der Waals surface area contributed by atoms with Crippen LogP contribution in [0.15, 0.2) is 28.7 Å². The highest BCUT2D eigenvalue weighted by Gasteiger charge is 2.11. The van der Waals surface area contributed by atoms with Crippen LogP contribution in [-0.4, -0.2) is 18.6 Å². The number of aromatic nitrogens is 1. The van der Waals surface area contributed by atoms with Crippen molar-refractivity contribution in [1.82, 2.24) is 4.98 Å². The number of hydrogen-bond donors (Lipinski definition) is 1. The molecule has 2 aromatic rings. The summed E-state index contributed by atoms with van der Waals surface area (Å²) in [5.41, 5.74) is 7.37. The van der Waals surface area contributed by atoms with E-state index in [2.05, 4.69) is 4.98 Å². The Morgan fingerprint density at radius 3 is 2.59 bits per heavy atom. The first-order valence-corrected chi connectivity index (χ1v) is 5.55. The van der Waals surface area contributed by atoms with E-state index in [9.17, 15) is 0 Å². The second-order valence-corrected chi connectivity index (χ2v) is 3.79. The van der Waals surface area contributed by atoms with Crippen LogP contribution in [0.1, 0.15) is 11.6 Å². The normalized spacial score (nSPS) is 10.5. The molecule has 17 heavy (non-hydrogen) atoms. The molecule has 1 aromatic carbocycles. The molecular formula is C13H16N2O2. The van der Waals surface area contributed by atoms with Crippen molar-refractivity contribution in [3.05, 3.63) is 35.9 Å². The first-order valence-electron chi connectivity index (χ1n) is 5.55.